The van der Waals surface area contributed by atoms with Gasteiger partial charge in [0.15, 0.2) is 0 Å². The van der Waals surface area contributed by atoms with Crippen molar-refractivity contribution in [2.75, 3.05) is 35.8 Å². The molecule has 5 N–H and O–H groups in total. The van der Waals surface area contributed by atoms with Gasteiger partial charge in [0.1, 0.15) is 13.4 Å². The van der Waals surface area contributed by atoms with Crippen LogP contribution in [-0.4, -0.2) is 43.6 Å². The van der Waals surface area contributed by atoms with Crippen molar-refractivity contribution in [3.05, 3.63) is 60.7 Å². The molecule has 3 atom stereocenters. The maximum Gasteiger partial charge on any atom is 0.247 e. The van der Waals surface area contributed by atoms with Crippen LogP contribution in [0.1, 0.15) is 12.5 Å². The summed E-state index contributed by atoms with van der Waals surface area (Å²) in [6.07, 6.45) is 1.56. The molecule has 2 aromatic rings. The Labute approximate surface area is 194 Å². The molecule has 3 rings (SSSR count). The Morgan fingerprint density at radius 1 is 1.22 bits per heavy atom. The van der Waals surface area contributed by atoms with Crippen molar-refractivity contribution in [2.24, 2.45) is 0 Å². The Morgan fingerprint density at radius 2 is 1.97 bits per heavy atom. The summed E-state index contributed by atoms with van der Waals surface area (Å²) >= 11 is 6.58. The van der Waals surface area contributed by atoms with E-state index < -0.39 is 7.14 Å². The van der Waals surface area contributed by atoms with Gasteiger partial charge in [-0.3, -0.25) is 15.4 Å². The third-order valence-corrected chi connectivity index (χ3v) is 7.22. The highest BCUT2D eigenvalue weighted by atomic mass is 35.5. The van der Waals surface area contributed by atoms with Crippen LogP contribution < -0.4 is 31.9 Å². The number of benzene rings is 2. The SMILES string of the molecule is C=CC(=O)Nc1ccc(CC)c(NC2NCC(Cl)C(Nc3ccccc3P(C)(C)=O)N2)c1. The predicted octanol–water partition coefficient (Wildman–Crippen LogP) is 3.56. The molecule has 1 aliphatic rings. The standard InChI is InChI=1S/C23H31ClN5O2P/c1-5-15-11-12-16(26-21(30)6-2)13-19(15)28-23-25-14-17(24)22(29-23)27-18-9-7-8-10-20(18)32(3,4)31/h6-13,17,22-23,25,27-29H,2,5,14H2,1,3-4H3,(H,26,30). The predicted molar refractivity (Wildman–Crippen MR) is 136 cm³/mol. The molecule has 0 aliphatic carbocycles. The Morgan fingerprint density at radius 3 is 2.66 bits per heavy atom. The molecule has 0 radical (unpaired) electrons. The summed E-state index contributed by atoms with van der Waals surface area (Å²) in [6, 6.07) is 13.4. The molecule has 9 heteroatoms. The van der Waals surface area contributed by atoms with Crippen molar-refractivity contribution in [2.45, 2.75) is 31.2 Å². The van der Waals surface area contributed by atoms with Crippen LogP contribution in [0.2, 0.25) is 0 Å². The number of amides is 1. The van der Waals surface area contributed by atoms with E-state index in [9.17, 15) is 9.36 Å². The summed E-state index contributed by atoms with van der Waals surface area (Å²) in [5.41, 5.74) is 3.52. The second-order valence-corrected chi connectivity index (χ2v) is 11.8. The van der Waals surface area contributed by atoms with E-state index in [1.165, 1.54) is 6.08 Å². The van der Waals surface area contributed by atoms with Gasteiger partial charge >= 0.3 is 0 Å². The Balaban J connectivity index is 1.76. The fraction of sp³-hybridized carbons (Fsp3) is 0.348. The molecule has 0 aromatic heterocycles. The number of carbonyl (C=O) groups is 1. The van der Waals surface area contributed by atoms with Gasteiger partial charge in [0.25, 0.3) is 0 Å². The Kier molecular flexibility index (Phi) is 8.01. The van der Waals surface area contributed by atoms with Crippen LogP contribution in [0.25, 0.3) is 0 Å². The first kappa shape index (κ1) is 24.3. The van der Waals surface area contributed by atoms with E-state index in [0.717, 1.165) is 28.7 Å². The number of aryl methyl sites for hydroxylation is 1. The average Bonchev–Trinajstić information content (AvgIpc) is 2.76. The first-order valence-electron chi connectivity index (χ1n) is 10.6. The van der Waals surface area contributed by atoms with Gasteiger partial charge in [-0.05, 0) is 55.7 Å². The van der Waals surface area contributed by atoms with Crippen LogP contribution in [0.5, 0.6) is 0 Å². The first-order valence-corrected chi connectivity index (χ1v) is 13.6. The molecule has 1 saturated heterocycles. The van der Waals surface area contributed by atoms with Crippen molar-refractivity contribution in [3.63, 3.8) is 0 Å². The Bertz CT molecular complexity index is 1030. The number of rotatable bonds is 8. The molecule has 1 heterocycles. The van der Waals surface area contributed by atoms with E-state index in [0.29, 0.717) is 12.2 Å². The van der Waals surface area contributed by atoms with E-state index >= 15 is 0 Å². The normalized spacial score (nSPS) is 20.9. The molecule has 7 nitrogen and oxygen atoms in total. The van der Waals surface area contributed by atoms with Gasteiger partial charge in [0, 0.05) is 28.9 Å². The number of para-hydroxylation sites is 1. The van der Waals surface area contributed by atoms with E-state index in [1.54, 1.807) is 13.3 Å². The smallest absolute Gasteiger partial charge is 0.247 e. The van der Waals surface area contributed by atoms with Gasteiger partial charge in [-0.15, -0.1) is 11.6 Å². The topological polar surface area (TPSA) is 94.3 Å². The van der Waals surface area contributed by atoms with Gasteiger partial charge < -0.3 is 20.5 Å². The molecule has 0 saturated carbocycles. The maximum absolute atomic E-state index is 12.7. The lowest BCUT2D eigenvalue weighted by atomic mass is 10.1. The quantitative estimate of drug-likeness (QED) is 0.228. The lowest BCUT2D eigenvalue weighted by molar-refractivity contribution is -0.111. The van der Waals surface area contributed by atoms with Gasteiger partial charge in [-0.1, -0.05) is 31.7 Å². The highest BCUT2D eigenvalue weighted by molar-refractivity contribution is 7.70. The van der Waals surface area contributed by atoms with Crippen LogP contribution >= 0.6 is 18.7 Å². The zero-order valence-corrected chi connectivity index (χ0v) is 20.3. The van der Waals surface area contributed by atoms with Crippen molar-refractivity contribution < 1.29 is 9.36 Å². The molecule has 1 aliphatic heterocycles. The maximum atomic E-state index is 12.7. The summed E-state index contributed by atoms with van der Waals surface area (Å²) in [6.45, 7) is 9.66. The summed E-state index contributed by atoms with van der Waals surface area (Å²) in [5.74, 6) is -0.258. The van der Waals surface area contributed by atoms with Crippen LogP contribution in [-0.2, 0) is 15.8 Å². The van der Waals surface area contributed by atoms with Crippen LogP contribution in [0.3, 0.4) is 0 Å². The molecule has 3 unspecified atom stereocenters. The molecular formula is C23H31ClN5O2P. The number of alkyl halides is 1. The van der Waals surface area contributed by atoms with Crippen LogP contribution in [0, 0.1) is 0 Å². The largest absolute Gasteiger partial charge is 0.368 e. The van der Waals surface area contributed by atoms with Crippen molar-refractivity contribution in [3.8, 4) is 0 Å². The summed E-state index contributed by atoms with van der Waals surface area (Å²) in [4.78, 5) is 11.7. The van der Waals surface area contributed by atoms with Crippen LogP contribution in [0.4, 0.5) is 17.1 Å². The van der Waals surface area contributed by atoms with Gasteiger partial charge in [-0.25, -0.2) is 0 Å². The highest BCUT2D eigenvalue weighted by Crippen LogP contribution is 2.37. The number of carbonyl (C=O) groups excluding carboxylic acids is 1. The molecule has 0 bridgehead atoms. The zero-order chi connectivity index (χ0) is 23.3. The fourth-order valence-corrected chi connectivity index (χ4v) is 4.98. The minimum atomic E-state index is -2.45. The minimum absolute atomic E-state index is 0.224. The molecule has 32 heavy (non-hydrogen) atoms. The lowest BCUT2D eigenvalue weighted by Gasteiger charge is -2.38. The van der Waals surface area contributed by atoms with Gasteiger partial charge in [0.2, 0.25) is 5.91 Å². The van der Waals surface area contributed by atoms with E-state index in [1.807, 2.05) is 42.5 Å². The molecule has 2 aromatic carbocycles. The first-order chi connectivity index (χ1) is 15.2. The minimum Gasteiger partial charge on any atom is -0.368 e. The number of anilines is 3. The summed E-state index contributed by atoms with van der Waals surface area (Å²) < 4.78 is 12.7. The highest BCUT2D eigenvalue weighted by Gasteiger charge is 2.29. The molecular weight excluding hydrogens is 445 g/mol. The monoisotopic (exact) mass is 475 g/mol. The second kappa shape index (κ2) is 10.5. The average molecular weight is 476 g/mol. The van der Waals surface area contributed by atoms with Crippen LogP contribution in [0.15, 0.2) is 55.1 Å². The van der Waals surface area contributed by atoms with E-state index in [2.05, 4.69) is 40.1 Å². The van der Waals surface area contributed by atoms with E-state index in [4.69, 9.17) is 11.6 Å². The molecule has 0 spiro atoms. The van der Waals surface area contributed by atoms with E-state index in [-0.39, 0.29) is 23.7 Å². The molecule has 1 fully saturated rings. The van der Waals surface area contributed by atoms with Crippen molar-refractivity contribution in [1.82, 2.24) is 10.6 Å². The molecule has 172 valence electrons. The number of halogens is 1. The van der Waals surface area contributed by atoms with Gasteiger partial charge in [-0.2, -0.15) is 0 Å². The number of hydrogen-bond acceptors (Lipinski definition) is 6. The zero-order valence-electron chi connectivity index (χ0n) is 18.6. The third kappa shape index (κ3) is 6.14. The summed E-state index contributed by atoms with van der Waals surface area (Å²) in [7, 11) is -2.45. The Hall–Kier alpha value is -2.31. The van der Waals surface area contributed by atoms with Crippen molar-refractivity contribution >= 4 is 47.0 Å². The number of hydrogen-bond donors (Lipinski definition) is 5. The third-order valence-electron chi connectivity index (χ3n) is 5.26. The van der Waals surface area contributed by atoms with Gasteiger partial charge in [0.05, 0.1) is 11.5 Å². The lowest BCUT2D eigenvalue weighted by Crippen LogP contribution is -2.64. The molecule has 1 amide bonds. The number of nitrogens with one attached hydrogen (secondary N) is 5. The summed E-state index contributed by atoms with van der Waals surface area (Å²) in [5, 5.41) is 17.0. The van der Waals surface area contributed by atoms with Crippen molar-refractivity contribution in [1.29, 1.82) is 0 Å². The second-order valence-electron chi connectivity index (χ2n) is 8.08. The fourth-order valence-electron chi connectivity index (χ4n) is 3.59.